The smallest absolute Gasteiger partial charge is 0.325 e. The van der Waals surface area contributed by atoms with Crippen molar-refractivity contribution >= 4 is 37.3 Å². The van der Waals surface area contributed by atoms with E-state index in [1.54, 1.807) is 0 Å². The standard InChI is InChI=1S/C11H15BrN4O4S/c12-9-1-2-13-11(10(9)16(17)18)14-3-4-15-5-7-21(19,20)8-6-15/h1-2H,3-8H2,(H,13,14). The van der Waals surface area contributed by atoms with E-state index in [2.05, 4.69) is 26.2 Å². The molecule has 1 aliphatic rings. The summed E-state index contributed by atoms with van der Waals surface area (Å²) in [5, 5.41) is 13.9. The summed E-state index contributed by atoms with van der Waals surface area (Å²) in [4.78, 5) is 16.5. The first-order chi connectivity index (χ1) is 9.89. The number of hydrogen-bond donors (Lipinski definition) is 1. The molecule has 0 amide bonds. The summed E-state index contributed by atoms with van der Waals surface area (Å²) >= 11 is 3.13. The predicted molar refractivity (Wildman–Crippen MR) is 82.2 cm³/mol. The Balaban J connectivity index is 1.90. The van der Waals surface area contributed by atoms with Gasteiger partial charge in [0.15, 0.2) is 9.84 Å². The summed E-state index contributed by atoms with van der Waals surface area (Å²) < 4.78 is 23.0. The lowest BCUT2D eigenvalue weighted by molar-refractivity contribution is -0.385. The van der Waals surface area contributed by atoms with Gasteiger partial charge in [0, 0.05) is 32.4 Å². The van der Waals surface area contributed by atoms with Crippen LogP contribution < -0.4 is 5.32 Å². The summed E-state index contributed by atoms with van der Waals surface area (Å²) in [7, 11) is -2.89. The van der Waals surface area contributed by atoms with Gasteiger partial charge in [0.1, 0.15) is 4.47 Å². The van der Waals surface area contributed by atoms with Gasteiger partial charge in [-0.15, -0.1) is 0 Å². The Morgan fingerprint density at radius 1 is 1.43 bits per heavy atom. The van der Waals surface area contributed by atoms with Crippen molar-refractivity contribution in [1.29, 1.82) is 0 Å². The number of aromatic nitrogens is 1. The molecule has 0 bridgehead atoms. The quantitative estimate of drug-likeness (QED) is 0.598. The maximum absolute atomic E-state index is 11.3. The van der Waals surface area contributed by atoms with Crippen LogP contribution in [-0.4, -0.2) is 60.9 Å². The molecule has 0 saturated carbocycles. The fourth-order valence-electron chi connectivity index (χ4n) is 2.04. The minimum Gasteiger partial charge on any atom is -0.363 e. The normalized spacial score (nSPS) is 18.3. The number of halogens is 1. The molecule has 10 heteroatoms. The van der Waals surface area contributed by atoms with Crippen LogP contribution in [0.4, 0.5) is 11.5 Å². The van der Waals surface area contributed by atoms with Crippen LogP contribution in [0.25, 0.3) is 0 Å². The van der Waals surface area contributed by atoms with Crippen molar-refractivity contribution in [2.24, 2.45) is 0 Å². The molecule has 1 aromatic rings. The largest absolute Gasteiger partial charge is 0.363 e. The molecule has 1 fully saturated rings. The summed E-state index contributed by atoms with van der Waals surface area (Å²) in [5.41, 5.74) is -0.0984. The lowest BCUT2D eigenvalue weighted by Gasteiger charge is -2.26. The predicted octanol–water partition coefficient (Wildman–Crippen LogP) is 0.895. The number of pyridine rings is 1. The molecule has 0 atom stereocenters. The van der Waals surface area contributed by atoms with Crippen LogP contribution in [0.2, 0.25) is 0 Å². The fourth-order valence-corrected chi connectivity index (χ4v) is 3.77. The van der Waals surface area contributed by atoms with Crippen LogP contribution in [0.1, 0.15) is 0 Å². The second-order valence-corrected chi connectivity index (χ2v) is 7.83. The second-order valence-electron chi connectivity index (χ2n) is 4.67. The van der Waals surface area contributed by atoms with E-state index in [0.717, 1.165) is 0 Å². The van der Waals surface area contributed by atoms with E-state index in [1.165, 1.54) is 12.3 Å². The van der Waals surface area contributed by atoms with E-state index >= 15 is 0 Å². The molecule has 8 nitrogen and oxygen atoms in total. The van der Waals surface area contributed by atoms with Gasteiger partial charge in [-0.25, -0.2) is 13.4 Å². The van der Waals surface area contributed by atoms with E-state index in [9.17, 15) is 18.5 Å². The number of nitrogens with one attached hydrogen (secondary N) is 1. The molecule has 21 heavy (non-hydrogen) atoms. The third-order valence-corrected chi connectivity index (χ3v) is 5.46. The molecule has 0 unspecified atom stereocenters. The number of hydrogen-bond acceptors (Lipinski definition) is 7. The highest BCUT2D eigenvalue weighted by Gasteiger charge is 2.22. The molecule has 0 aliphatic carbocycles. The van der Waals surface area contributed by atoms with E-state index < -0.39 is 14.8 Å². The van der Waals surface area contributed by atoms with E-state index in [4.69, 9.17) is 0 Å². The molecule has 1 N–H and O–H groups in total. The Hall–Kier alpha value is -1.26. The monoisotopic (exact) mass is 378 g/mol. The summed E-state index contributed by atoms with van der Waals surface area (Å²) in [6, 6.07) is 1.51. The molecular formula is C11H15BrN4O4S. The van der Waals surface area contributed by atoms with Gasteiger partial charge in [0.05, 0.1) is 16.4 Å². The summed E-state index contributed by atoms with van der Waals surface area (Å²) in [5.74, 6) is 0.545. The van der Waals surface area contributed by atoms with E-state index in [0.29, 0.717) is 30.7 Å². The zero-order valence-corrected chi connectivity index (χ0v) is 13.6. The lowest BCUT2D eigenvalue weighted by atomic mass is 10.4. The first kappa shape index (κ1) is 16.1. The minimum atomic E-state index is -2.89. The SMILES string of the molecule is O=[N+]([O-])c1c(Br)ccnc1NCCN1CCS(=O)(=O)CC1. The van der Waals surface area contributed by atoms with Crippen molar-refractivity contribution in [3.05, 3.63) is 26.9 Å². The highest BCUT2D eigenvalue weighted by atomic mass is 79.9. The van der Waals surface area contributed by atoms with Gasteiger partial charge in [-0.05, 0) is 22.0 Å². The van der Waals surface area contributed by atoms with Gasteiger partial charge in [-0.3, -0.25) is 15.0 Å². The Morgan fingerprint density at radius 2 is 2.10 bits per heavy atom. The Morgan fingerprint density at radius 3 is 2.71 bits per heavy atom. The molecule has 1 aliphatic heterocycles. The van der Waals surface area contributed by atoms with Gasteiger partial charge in [-0.1, -0.05) is 0 Å². The van der Waals surface area contributed by atoms with Crippen LogP contribution in [-0.2, 0) is 9.84 Å². The van der Waals surface area contributed by atoms with Gasteiger partial charge in [-0.2, -0.15) is 0 Å². The topological polar surface area (TPSA) is 105 Å². The number of nitro groups is 1. The molecule has 116 valence electrons. The highest BCUT2D eigenvalue weighted by Crippen LogP contribution is 2.30. The maximum Gasteiger partial charge on any atom is 0.325 e. The third kappa shape index (κ3) is 4.35. The van der Waals surface area contributed by atoms with Gasteiger partial charge < -0.3 is 5.32 Å². The summed E-state index contributed by atoms with van der Waals surface area (Å²) in [6.45, 7) is 2.07. The Kier molecular flexibility index (Phi) is 5.12. The Labute approximate surface area is 130 Å². The number of anilines is 1. The van der Waals surface area contributed by atoms with Gasteiger partial charge >= 0.3 is 5.69 Å². The van der Waals surface area contributed by atoms with Gasteiger partial charge in [0.2, 0.25) is 5.82 Å². The number of rotatable bonds is 5. The highest BCUT2D eigenvalue weighted by molar-refractivity contribution is 9.10. The average Bonchev–Trinajstić information content (AvgIpc) is 2.40. The maximum atomic E-state index is 11.3. The Bertz CT molecular complexity index is 623. The minimum absolute atomic E-state index is 0.0984. The molecular weight excluding hydrogens is 364 g/mol. The number of nitrogens with zero attached hydrogens (tertiary/aromatic N) is 3. The van der Waals surface area contributed by atoms with Crippen LogP contribution in [0.5, 0.6) is 0 Å². The average molecular weight is 379 g/mol. The van der Waals surface area contributed by atoms with Crippen LogP contribution in [0.3, 0.4) is 0 Å². The molecule has 2 rings (SSSR count). The first-order valence-electron chi connectivity index (χ1n) is 6.34. The van der Waals surface area contributed by atoms with Crippen molar-refractivity contribution in [2.75, 3.05) is 43.0 Å². The van der Waals surface area contributed by atoms with Crippen molar-refractivity contribution < 1.29 is 13.3 Å². The molecule has 0 radical (unpaired) electrons. The van der Waals surface area contributed by atoms with Crippen LogP contribution >= 0.6 is 15.9 Å². The zero-order valence-electron chi connectivity index (χ0n) is 11.2. The molecule has 0 aromatic carbocycles. The van der Waals surface area contributed by atoms with E-state index in [1.807, 2.05) is 4.90 Å². The van der Waals surface area contributed by atoms with Gasteiger partial charge in [0.25, 0.3) is 0 Å². The van der Waals surface area contributed by atoms with Crippen LogP contribution in [0, 0.1) is 10.1 Å². The molecule has 2 heterocycles. The number of sulfone groups is 1. The second kappa shape index (κ2) is 6.67. The van der Waals surface area contributed by atoms with Crippen molar-refractivity contribution in [1.82, 2.24) is 9.88 Å². The molecule has 0 spiro atoms. The third-order valence-electron chi connectivity index (χ3n) is 3.22. The molecule has 1 aromatic heterocycles. The van der Waals surface area contributed by atoms with Crippen LogP contribution in [0.15, 0.2) is 16.7 Å². The van der Waals surface area contributed by atoms with E-state index in [-0.39, 0.29) is 23.0 Å². The molecule has 1 saturated heterocycles. The van der Waals surface area contributed by atoms with Crippen molar-refractivity contribution in [3.8, 4) is 0 Å². The summed E-state index contributed by atoms with van der Waals surface area (Å²) in [6.07, 6.45) is 1.48. The zero-order chi connectivity index (χ0) is 15.5. The lowest BCUT2D eigenvalue weighted by Crippen LogP contribution is -2.42. The first-order valence-corrected chi connectivity index (χ1v) is 8.96. The fraction of sp³-hybridized carbons (Fsp3) is 0.545. The van der Waals surface area contributed by atoms with Crippen molar-refractivity contribution in [3.63, 3.8) is 0 Å². The van der Waals surface area contributed by atoms with Crippen molar-refractivity contribution in [2.45, 2.75) is 0 Å².